The first-order chi connectivity index (χ1) is 19.9. The van der Waals surface area contributed by atoms with Gasteiger partial charge < -0.3 is 9.15 Å². The van der Waals surface area contributed by atoms with E-state index in [0.717, 1.165) is 20.1 Å². The fraction of sp³-hybridized carbons (Fsp3) is 0.0333. The highest BCUT2D eigenvalue weighted by molar-refractivity contribution is 9.10. The van der Waals surface area contributed by atoms with Crippen molar-refractivity contribution in [2.75, 3.05) is 0 Å². The minimum atomic E-state index is -0.580. The molecule has 0 radical (unpaired) electrons. The van der Waals surface area contributed by atoms with Gasteiger partial charge in [0, 0.05) is 26.5 Å². The van der Waals surface area contributed by atoms with Crippen LogP contribution in [0.5, 0.6) is 5.75 Å². The quantitative estimate of drug-likeness (QED) is 0.102. The molecule has 0 atom stereocenters. The van der Waals surface area contributed by atoms with Crippen LogP contribution in [0.4, 0.5) is 5.69 Å². The molecule has 0 fully saturated rings. The van der Waals surface area contributed by atoms with Gasteiger partial charge in [0.25, 0.3) is 5.56 Å². The summed E-state index contributed by atoms with van der Waals surface area (Å²) >= 11 is 9.63. The number of aromatic nitrogens is 2. The average molecular weight is 630 g/mol. The molecule has 0 bridgehead atoms. The topological polar surface area (TPSA) is 113 Å². The van der Waals surface area contributed by atoms with E-state index in [-0.39, 0.29) is 34.5 Å². The third kappa shape index (κ3) is 5.34. The summed E-state index contributed by atoms with van der Waals surface area (Å²) in [6.07, 6.45) is 1.29. The lowest BCUT2D eigenvalue weighted by molar-refractivity contribution is -0.385. The molecule has 41 heavy (non-hydrogen) atoms. The van der Waals surface area contributed by atoms with E-state index < -0.39 is 10.5 Å². The zero-order valence-corrected chi connectivity index (χ0v) is 23.4. The number of nitro groups is 1. The van der Waals surface area contributed by atoms with Crippen molar-refractivity contribution < 1.29 is 14.1 Å². The number of hydrogen-bond acceptors (Lipinski definition) is 7. The average Bonchev–Trinajstić information content (AvgIpc) is 3.41. The van der Waals surface area contributed by atoms with Crippen LogP contribution in [0.1, 0.15) is 11.1 Å². The summed E-state index contributed by atoms with van der Waals surface area (Å²) in [5.74, 6) is 0.447. The molecule has 4 aromatic carbocycles. The Bertz CT molecular complexity index is 2000. The largest absolute Gasteiger partial charge is 0.481 e. The number of ether oxygens (including phenoxy) is 1. The zero-order valence-electron chi connectivity index (χ0n) is 21.0. The number of halogens is 2. The first kappa shape index (κ1) is 26.4. The van der Waals surface area contributed by atoms with Crippen molar-refractivity contribution in [2.45, 2.75) is 6.61 Å². The van der Waals surface area contributed by atoms with Gasteiger partial charge in [-0.15, -0.1) is 0 Å². The van der Waals surface area contributed by atoms with Crippen molar-refractivity contribution in [3.05, 3.63) is 132 Å². The molecule has 202 valence electrons. The maximum Gasteiger partial charge on any atom is 0.313 e. The van der Waals surface area contributed by atoms with Crippen LogP contribution in [0.2, 0.25) is 5.02 Å². The second kappa shape index (κ2) is 11.0. The summed E-state index contributed by atoms with van der Waals surface area (Å²) in [7, 11) is 0. The summed E-state index contributed by atoms with van der Waals surface area (Å²) in [5.41, 5.74) is 1.30. The van der Waals surface area contributed by atoms with Crippen molar-refractivity contribution in [3.63, 3.8) is 0 Å². The molecule has 0 aliphatic carbocycles. The highest BCUT2D eigenvalue weighted by Crippen LogP contribution is 2.35. The van der Waals surface area contributed by atoms with E-state index >= 15 is 0 Å². The van der Waals surface area contributed by atoms with E-state index in [2.05, 4.69) is 26.0 Å². The molecule has 11 heteroatoms. The first-order valence-corrected chi connectivity index (χ1v) is 13.4. The standard InChI is InChI=1S/C30H18BrClN4O5/c31-21-11-9-18(10-12-21)17-40-28-20(13-22(32)15-25(28)36(38)39)16-33-35-29(27-14-19-5-1-4-8-26(19)41-27)34-24-7-3-2-6-23(24)30(35)37/h1-16H,17H2. The third-order valence-electron chi connectivity index (χ3n) is 6.27. The van der Waals surface area contributed by atoms with E-state index in [0.29, 0.717) is 22.2 Å². The second-order valence-electron chi connectivity index (χ2n) is 8.98. The molecule has 0 unspecified atom stereocenters. The number of rotatable bonds is 7. The summed E-state index contributed by atoms with van der Waals surface area (Å²) in [6.45, 7) is 0.0539. The van der Waals surface area contributed by atoms with E-state index in [1.54, 1.807) is 30.3 Å². The highest BCUT2D eigenvalue weighted by Gasteiger charge is 2.22. The van der Waals surface area contributed by atoms with Crippen molar-refractivity contribution in [2.24, 2.45) is 5.10 Å². The number of hydrogen-bond donors (Lipinski definition) is 0. The van der Waals surface area contributed by atoms with Crippen molar-refractivity contribution >= 4 is 61.3 Å². The Morgan fingerprint density at radius 1 is 1.05 bits per heavy atom. The lowest BCUT2D eigenvalue weighted by Gasteiger charge is -2.11. The molecule has 0 saturated heterocycles. The van der Waals surface area contributed by atoms with E-state index in [1.807, 2.05) is 48.5 Å². The maximum absolute atomic E-state index is 13.6. The summed E-state index contributed by atoms with van der Waals surface area (Å²) in [5, 5.41) is 17.6. The molecular weight excluding hydrogens is 612 g/mol. The van der Waals surface area contributed by atoms with Gasteiger partial charge in [-0.25, -0.2) is 4.98 Å². The van der Waals surface area contributed by atoms with Gasteiger partial charge in [-0.3, -0.25) is 14.9 Å². The molecular formula is C30H18BrClN4O5. The molecule has 0 saturated carbocycles. The molecule has 0 amide bonds. The Balaban J connectivity index is 1.49. The number of para-hydroxylation sites is 2. The van der Waals surface area contributed by atoms with Gasteiger partial charge in [0.1, 0.15) is 12.2 Å². The summed E-state index contributed by atoms with van der Waals surface area (Å²) in [6, 6.07) is 26.1. The summed E-state index contributed by atoms with van der Waals surface area (Å²) < 4.78 is 13.9. The molecule has 6 rings (SSSR count). The van der Waals surface area contributed by atoms with Gasteiger partial charge >= 0.3 is 5.69 Å². The lowest BCUT2D eigenvalue weighted by atomic mass is 10.2. The highest BCUT2D eigenvalue weighted by atomic mass is 79.9. The van der Waals surface area contributed by atoms with Gasteiger partial charge in [0.2, 0.25) is 11.6 Å². The lowest BCUT2D eigenvalue weighted by Crippen LogP contribution is -2.20. The van der Waals surface area contributed by atoms with Gasteiger partial charge in [0.05, 0.1) is 22.0 Å². The van der Waals surface area contributed by atoms with Crippen LogP contribution in [0.15, 0.2) is 110 Å². The van der Waals surface area contributed by atoms with Crippen LogP contribution in [0.3, 0.4) is 0 Å². The van der Waals surface area contributed by atoms with E-state index in [4.69, 9.17) is 20.8 Å². The Labute approximate surface area is 245 Å². The number of fused-ring (bicyclic) bond motifs is 2. The molecule has 0 N–H and O–H groups in total. The third-order valence-corrected chi connectivity index (χ3v) is 7.01. The van der Waals surface area contributed by atoms with Crippen LogP contribution in [0, 0.1) is 10.1 Å². The van der Waals surface area contributed by atoms with Crippen molar-refractivity contribution in [1.82, 2.24) is 9.66 Å². The molecule has 0 aliphatic rings. The van der Waals surface area contributed by atoms with Crippen LogP contribution >= 0.6 is 27.5 Å². The van der Waals surface area contributed by atoms with Gasteiger partial charge in [-0.1, -0.05) is 70.0 Å². The zero-order chi connectivity index (χ0) is 28.5. The number of nitrogens with zero attached hydrogens (tertiary/aromatic N) is 4. The monoisotopic (exact) mass is 628 g/mol. The molecule has 6 aromatic rings. The van der Waals surface area contributed by atoms with Crippen LogP contribution in [-0.2, 0) is 6.61 Å². The van der Waals surface area contributed by atoms with Crippen molar-refractivity contribution in [3.8, 4) is 17.3 Å². The van der Waals surface area contributed by atoms with Crippen LogP contribution < -0.4 is 10.3 Å². The molecule has 2 heterocycles. The SMILES string of the molecule is O=c1c2ccccc2nc(-c2cc3ccccc3o2)n1N=Cc1cc(Cl)cc([N+](=O)[O-])c1OCc1ccc(Br)cc1. The second-order valence-corrected chi connectivity index (χ2v) is 10.3. The van der Waals surface area contributed by atoms with E-state index in [1.165, 1.54) is 18.3 Å². The molecule has 9 nitrogen and oxygen atoms in total. The number of furan rings is 1. The Kier molecular flexibility index (Phi) is 7.08. The Morgan fingerprint density at radius 3 is 2.59 bits per heavy atom. The normalized spacial score (nSPS) is 11.5. The predicted molar refractivity (Wildman–Crippen MR) is 161 cm³/mol. The number of nitro benzene ring substituents is 1. The van der Waals surface area contributed by atoms with Gasteiger partial charge in [-0.05, 0) is 48.0 Å². The molecule has 0 aliphatic heterocycles. The smallest absolute Gasteiger partial charge is 0.313 e. The molecule has 0 spiro atoms. The fourth-order valence-corrected chi connectivity index (χ4v) is 4.81. The van der Waals surface area contributed by atoms with Gasteiger partial charge in [0.15, 0.2) is 5.76 Å². The van der Waals surface area contributed by atoms with E-state index in [9.17, 15) is 14.9 Å². The fourth-order valence-electron chi connectivity index (χ4n) is 4.33. The van der Waals surface area contributed by atoms with Crippen LogP contribution in [-0.4, -0.2) is 20.8 Å². The summed E-state index contributed by atoms with van der Waals surface area (Å²) in [4.78, 5) is 29.6. The first-order valence-electron chi connectivity index (χ1n) is 12.3. The Morgan fingerprint density at radius 2 is 1.80 bits per heavy atom. The minimum Gasteiger partial charge on any atom is -0.481 e. The minimum absolute atomic E-state index is 0.0434. The predicted octanol–water partition coefficient (Wildman–Crippen LogP) is 7.60. The Hall–Kier alpha value is -4.80. The van der Waals surface area contributed by atoms with Gasteiger partial charge in [-0.2, -0.15) is 9.78 Å². The number of benzene rings is 4. The molecule has 2 aromatic heterocycles. The van der Waals surface area contributed by atoms with Crippen molar-refractivity contribution in [1.29, 1.82) is 0 Å². The van der Waals surface area contributed by atoms with Crippen LogP contribution in [0.25, 0.3) is 33.5 Å². The maximum atomic E-state index is 13.6.